The zero-order valence-corrected chi connectivity index (χ0v) is 6.21. The Kier molecular flexibility index (Phi) is 4.20. The van der Waals surface area contributed by atoms with Gasteiger partial charge in [-0.3, -0.25) is 0 Å². The number of nitrogens with two attached hydrogens (primary N) is 1. The van der Waals surface area contributed by atoms with Crippen molar-refractivity contribution in [2.24, 2.45) is 5.73 Å². The predicted molar refractivity (Wildman–Crippen MR) is 37.7 cm³/mol. The van der Waals surface area contributed by atoms with Crippen LogP contribution in [0.1, 0.15) is 6.92 Å². The van der Waals surface area contributed by atoms with Crippen molar-refractivity contribution in [1.82, 2.24) is 0 Å². The second-order valence-corrected chi connectivity index (χ2v) is 2.44. The van der Waals surface area contributed by atoms with Gasteiger partial charge in [-0.1, -0.05) is 0 Å². The summed E-state index contributed by atoms with van der Waals surface area (Å²) in [6, 6.07) is -1.00. The lowest BCUT2D eigenvalue weighted by Crippen LogP contribution is -2.49. The molecule has 0 fully saturated rings. The highest BCUT2D eigenvalue weighted by molar-refractivity contribution is 5.56. The van der Waals surface area contributed by atoms with Crippen LogP contribution in [0.25, 0.3) is 0 Å². The van der Waals surface area contributed by atoms with Crippen molar-refractivity contribution in [3.63, 3.8) is 0 Å². The fraction of sp³-hybridized carbons (Fsp3) is 0.833. The van der Waals surface area contributed by atoms with Gasteiger partial charge < -0.3 is 25.8 Å². The van der Waals surface area contributed by atoms with Crippen LogP contribution in [0.15, 0.2) is 0 Å². The molecule has 0 spiro atoms. The highest BCUT2D eigenvalue weighted by Crippen LogP contribution is 1.99. The van der Waals surface area contributed by atoms with Crippen molar-refractivity contribution >= 4 is 6.29 Å². The van der Waals surface area contributed by atoms with E-state index in [1.807, 2.05) is 0 Å². The number of hydrogen-bond donors (Lipinski definition) is 4. The van der Waals surface area contributed by atoms with Crippen molar-refractivity contribution in [3.8, 4) is 0 Å². The third kappa shape index (κ3) is 2.94. The Morgan fingerprint density at radius 1 is 1.36 bits per heavy atom. The first-order chi connectivity index (χ1) is 5.00. The molecular weight excluding hydrogens is 150 g/mol. The molecule has 0 radical (unpaired) electrons. The molecule has 0 saturated carbocycles. The van der Waals surface area contributed by atoms with Crippen molar-refractivity contribution in [3.05, 3.63) is 0 Å². The van der Waals surface area contributed by atoms with E-state index in [1.165, 1.54) is 6.92 Å². The molecule has 0 amide bonds. The molecule has 0 unspecified atom stereocenters. The van der Waals surface area contributed by atoms with Crippen molar-refractivity contribution < 1.29 is 20.1 Å². The summed E-state index contributed by atoms with van der Waals surface area (Å²) in [5.74, 6) is 0. The second-order valence-electron chi connectivity index (χ2n) is 2.44. The zero-order chi connectivity index (χ0) is 9.02. The molecule has 0 bridgehead atoms. The minimum Gasteiger partial charge on any atom is -0.392 e. The third-order valence-corrected chi connectivity index (χ3v) is 1.44. The van der Waals surface area contributed by atoms with Gasteiger partial charge in [-0.25, -0.2) is 0 Å². The summed E-state index contributed by atoms with van der Waals surface area (Å²) >= 11 is 0. The van der Waals surface area contributed by atoms with Crippen LogP contribution in [0.2, 0.25) is 0 Å². The first-order valence-corrected chi connectivity index (χ1v) is 3.25. The first kappa shape index (κ1) is 10.5. The van der Waals surface area contributed by atoms with Crippen LogP contribution in [-0.2, 0) is 4.79 Å². The summed E-state index contributed by atoms with van der Waals surface area (Å²) in [5, 5.41) is 26.6. The Hall–Kier alpha value is -0.490. The van der Waals surface area contributed by atoms with Gasteiger partial charge in [0.1, 0.15) is 12.2 Å². The zero-order valence-electron chi connectivity index (χ0n) is 6.21. The van der Waals surface area contributed by atoms with Crippen LogP contribution >= 0.6 is 0 Å². The maximum absolute atomic E-state index is 9.93. The second kappa shape index (κ2) is 4.40. The van der Waals surface area contributed by atoms with Crippen LogP contribution in [0.3, 0.4) is 0 Å². The SMILES string of the molecule is C[C@@H](O)[C@@H](N)[C@@H](O)[C@@H](O)C=O. The maximum Gasteiger partial charge on any atom is 0.151 e. The Morgan fingerprint density at radius 2 is 1.82 bits per heavy atom. The Bertz CT molecular complexity index is 128. The smallest absolute Gasteiger partial charge is 0.151 e. The van der Waals surface area contributed by atoms with Crippen molar-refractivity contribution in [2.45, 2.75) is 31.3 Å². The number of carbonyl (C=O) groups excluding carboxylic acids is 1. The lowest BCUT2D eigenvalue weighted by atomic mass is 10.0. The van der Waals surface area contributed by atoms with Gasteiger partial charge in [0.25, 0.3) is 0 Å². The standard InChI is InChI=1S/C6H13NO4/c1-3(9)5(7)6(11)4(10)2-8/h2-6,9-11H,7H2,1H3/t3-,4+,5-,6+/m1/s1. The number of aldehydes is 1. The van der Waals surface area contributed by atoms with Gasteiger partial charge in [-0.15, -0.1) is 0 Å². The predicted octanol–water partition coefficient (Wildman–Crippen LogP) is -2.38. The van der Waals surface area contributed by atoms with Crippen LogP contribution in [0, 0.1) is 0 Å². The normalized spacial score (nSPS) is 21.9. The summed E-state index contributed by atoms with van der Waals surface area (Å²) < 4.78 is 0. The van der Waals surface area contributed by atoms with Crippen LogP contribution in [0.5, 0.6) is 0 Å². The molecule has 11 heavy (non-hydrogen) atoms. The van der Waals surface area contributed by atoms with Gasteiger partial charge in [0.15, 0.2) is 6.29 Å². The molecular formula is C6H13NO4. The largest absolute Gasteiger partial charge is 0.392 e. The van der Waals surface area contributed by atoms with Crippen molar-refractivity contribution in [1.29, 1.82) is 0 Å². The molecule has 0 aromatic carbocycles. The van der Waals surface area contributed by atoms with Crippen LogP contribution in [0.4, 0.5) is 0 Å². The molecule has 0 heterocycles. The van der Waals surface area contributed by atoms with Gasteiger partial charge in [-0.05, 0) is 6.92 Å². The molecule has 0 saturated heterocycles. The Labute approximate surface area is 64.4 Å². The molecule has 0 aromatic rings. The van der Waals surface area contributed by atoms with E-state index in [1.54, 1.807) is 0 Å². The van der Waals surface area contributed by atoms with Gasteiger partial charge in [0, 0.05) is 0 Å². The van der Waals surface area contributed by atoms with Gasteiger partial charge in [0.05, 0.1) is 12.1 Å². The van der Waals surface area contributed by atoms with Gasteiger partial charge >= 0.3 is 0 Å². The lowest BCUT2D eigenvalue weighted by Gasteiger charge is -2.22. The number of hydrogen-bond acceptors (Lipinski definition) is 5. The quantitative estimate of drug-likeness (QED) is 0.346. The number of aliphatic hydroxyl groups is 3. The summed E-state index contributed by atoms with van der Waals surface area (Å²) in [7, 11) is 0. The van der Waals surface area contributed by atoms with E-state index in [-0.39, 0.29) is 6.29 Å². The monoisotopic (exact) mass is 163 g/mol. The van der Waals surface area contributed by atoms with E-state index < -0.39 is 24.4 Å². The van der Waals surface area contributed by atoms with E-state index in [2.05, 4.69) is 0 Å². The number of rotatable bonds is 4. The molecule has 0 rings (SSSR count). The van der Waals surface area contributed by atoms with E-state index in [4.69, 9.17) is 21.1 Å². The minimum absolute atomic E-state index is 0.174. The van der Waals surface area contributed by atoms with Crippen molar-refractivity contribution in [2.75, 3.05) is 0 Å². The Morgan fingerprint density at radius 3 is 2.09 bits per heavy atom. The average Bonchev–Trinajstić information content (AvgIpc) is 2.00. The molecule has 5 N–H and O–H groups in total. The fourth-order valence-electron chi connectivity index (χ4n) is 0.594. The van der Waals surface area contributed by atoms with E-state index in [9.17, 15) is 4.79 Å². The molecule has 4 atom stereocenters. The lowest BCUT2D eigenvalue weighted by molar-refractivity contribution is -0.122. The molecule has 0 aromatic heterocycles. The third-order valence-electron chi connectivity index (χ3n) is 1.44. The Balaban J connectivity index is 4.00. The fourth-order valence-corrected chi connectivity index (χ4v) is 0.594. The van der Waals surface area contributed by atoms with Gasteiger partial charge in [-0.2, -0.15) is 0 Å². The summed E-state index contributed by atoms with van der Waals surface area (Å²) in [6.07, 6.45) is -3.72. The van der Waals surface area contributed by atoms with Gasteiger partial charge in [0.2, 0.25) is 0 Å². The number of carbonyl (C=O) groups is 1. The summed E-state index contributed by atoms with van der Waals surface area (Å²) in [4.78, 5) is 9.93. The summed E-state index contributed by atoms with van der Waals surface area (Å²) in [6.45, 7) is 1.37. The number of aliphatic hydroxyl groups excluding tert-OH is 3. The molecule has 5 heteroatoms. The highest BCUT2D eigenvalue weighted by atomic mass is 16.3. The molecule has 5 nitrogen and oxygen atoms in total. The van der Waals surface area contributed by atoms with E-state index in [0.29, 0.717) is 0 Å². The minimum atomic E-state index is -1.53. The molecule has 66 valence electrons. The molecule has 0 aliphatic carbocycles. The summed E-state index contributed by atoms with van der Waals surface area (Å²) in [5.41, 5.74) is 5.22. The van der Waals surface area contributed by atoms with E-state index >= 15 is 0 Å². The molecule has 0 aliphatic rings. The van der Waals surface area contributed by atoms with E-state index in [0.717, 1.165) is 0 Å². The first-order valence-electron chi connectivity index (χ1n) is 3.25. The highest BCUT2D eigenvalue weighted by Gasteiger charge is 2.25. The average molecular weight is 163 g/mol. The van der Waals surface area contributed by atoms with Crippen LogP contribution < -0.4 is 5.73 Å². The maximum atomic E-state index is 9.93. The molecule has 0 aliphatic heterocycles. The topological polar surface area (TPSA) is 104 Å². The van der Waals surface area contributed by atoms with Crippen LogP contribution in [-0.4, -0.2) is 46.0 Å².